The molecule has 0 unspecified atom stereocenters. The second-order valence-corrected chi connectivity index (χ2v) is 5.72. The normalized spacial score (nSPS) is 17.6. The number of anilines is 1. The molecule has 1 saturated heterocycles. The Hall–Kier alpha value is -2.66. The molecule has 1 fully saturated rings. The number of morpholine rings is 1. The number of hydrogen-bond donors (Lipinski definition) is 1. The van der Waals surface area contributed by atoms with Crippen LogP contribution in [0.3, 0.4) is 0 Å². The third kappa shape index (κ3) is 4.20. The minimum absolute atomic E-state index is 0.0268. The van der Waals surface area contributed by atoms with Crippen LogP contribution in [0, 0.1) is 0 Å². The van der Waals surface area contributed by atoms with E-state index < -0.39 is 6.10 Å². The Morgan fingerprint density at radius 3 is 2.46 bits per heavy atom. The average molecular weight is 324 g/mol. The van der Waals surface area contributed by atoms with E-state index in [1.54, 1.807) is 4.90 Å². The highest BCUT2D eigenvalue weighted by molar-refractivity contribution is 5.95. The van der Waals surface area contributed by atoms with E-state index in [-0.39, 0.29) is 18.2 Å². The molecule has 2 amide bonds. The zero-order valence-corrected chi connectivity index (χ0v) is 13.4. The lowest BCUT2D eigenvalue weighted by molar-refractivity contribution is -0.155. The predicted molar refractivity (Wildman–Crippen MR) is 91.3 cm³/mol. The maximum atomic E-state index is 12.5. The molecule has 0 aromatic heterocycles. The zero-order chi connectivity index (χ0) is 16.8. The number of nitrogens with one attached hydrogen (secondary N) is 1. The van der Waals surface area contributed by atoms with Crippen LogP contribution in [-0.2, 0) is 20.9 Å². The van der Waals surface area contributed by atoms with Gasteiger partial charge in [-0.05, 0) is 17.7 Å². The van der Waals surface area contributed by atoms with Crippen molar-refractivity contribution in [3.63, 3.8) is 0 Å². The van der Waals surface area contributed by atoms with E-state index in [9.17, 15) is 9.59 Å². The van der Waals surface area contributed by atoms with Crippen LogP contribution in [0.5, 0.6) is 0 Å². The fraction of sp³-hybridized carbons (Fsp3) is 0.263. The summed E-state index contributed by atoms with van der Waals surface area (Å²) in [5.74, 6) is -0.352. The smallest absolute Gasteiger partial charge is 0.252 e. The highest BCUT2D eigenvalue weighted by Crippen LogP contribution is 2.15. The Morgan fingerprint density at radius 1 is 1.08 bits per heavy atom. The summed E-state index contributed by atoms with van der Waals surface area (Å²) < 4.78 is 5.51. The number of rotatable bonds is 5. The van der Waals surface area contributed by atoms with Crippen LogP contribution in [0.25, 0.3) is 0 Å². The number of amides is 2. The first-order chi connectivity index (χ1) is 11.7. The van der Waals surface area contributed by atoms with Gasteiger partial charge in [-0.1, -0.05) is 48.5 Å². The van der Waals surface area contributed by atoms with Gasteiger partial charge in [-0.3, -0.25) is 9.59 Å². The van der Waals surface area contributed by atoms with Gasteiger partial charge in [0.25, 0.3) is 5.91 Å². The molecule has 0 saturated carbocycles. The molecule has 2 aromatic carbocycles. The van der Waals surface area contributed by atoms with Crippen LogP contribution < -0.4 is 5.32 Å². The molecule has 3 rings (SSSR count). The number of carbonyl (C=O) groups is 2. The Balaban J connectivity index is 1.57. The third-order valence-corrected chi connectivity index (χ3v) is 3.91. The SMILES string of the molecule is O=C(C[C@H]1OCCN(Cc2ccccc2)C1=O)Nc1ccccc1. The van der Waals surface area contributed by atoms with Gasteiger partial charge in [0.05, 0.1) is 13.0 Å². The van der Waals surface area contributed by atoms with Gasteiger partial charge in [0, 0.05) is 18.8 Å². The van der Waals surface area contributed by atoms with Gasteiger partial charge < -0.3 is 15.0 Å². The molecule has 1 heterocycles. The summed E-state index contributed by atoms with van der Waals surface area (Å²) in [5.41, 5.74) is 1.78. The van der Waals surface area contributed by atoms with Crippen LogP contribution in [0.2, 0.25) is 0 Å². The molecule has 0 radical (unpaired) electrons. The molecule has 124 valence electrons. The topological polar surface area (TPSA) is 58.6 Å². The van der Waals surface area contributed by atoms with E-state index >= 15 is 0 Å². The van der Waals surface area contributed by atoms with Crippen LogP contribution in [0.15, 0.2) is 60.7 Å². The zero-order valence-electron chi connectivity index (χ0n) is 13.4. The molecule has 1 aliphatic heterocycles. The van der Waals surface area contributed by atoms with Crippen molar-refractivity contribution < 1.29 is 14.3 Å². The van der Waals surface area contributed by atoms with Gasteiger partial charge in [-0.2, -0.15) is 0 Å². The minimum atomic E-state index is -0.717. The molecule has 1 atom stereocenters. The van der Waals surface area contributed by atoms with Crippen molar-refractivity contribution in [1.29, 1.82) is 0 Å². The molecule has 0 spiro atoms. The van der Waals surface area contributed by atoms with E-state index in [0.29, 0.717) is 25.4 Å². The summed E-state index contributed by atoms with van der Waals surface area (Å²) in [5, 5.41) is 2.78. The van der Waals surface area contributed by atoms with Crippen LogP contribution >= 0.6 is 0 Å². The molecule has 24 heavy (non-hydrogen) atoms. The van der Waals surface area contributed by atoms with Crippen LogP contribution in [-0.4, -0.2) is 36.0 Å². The van der Waals surface area contributed by atoms with Crippen molar-refractivity contribution in [3.05, 3.63) is 66.2 Å². The van der Waals surface area contributed by atoms with Crippen molar-refractivity contribution >= 4 is 17.5 Å². The summed E-state index contributed by atoms with van der Waals surface area (Å²) in [6.45, 7) is 1.53. The quantitative estimate of drug-likeness (QED) is 0.919. The van der Waals surface area contributed by atoms with Crippen molar-refractivity contribution in [2.75, 3.05) is 18.5 Å². The lowest BCUT2D eigenvalue weighted by Crippen LogP contribution is -2.48. The highest BCUT2D eigenvalue weighted by Gasteiger charge is 2.31. The molecule has 0 bridgehead atoms. The average Bonchev–Trinajstić information content (AvgIpc) is 2.60. The van der Waals surface area contributed by atoms with Gasteiger partial charge >= 0.3 is 0 Å². The van der Waals surface area contributed by atoms with Gasteiger partial charge in [0.1, 0.15) is 6.10 Å². The Morgan fingerprint density at radius 2 is 1.75 bits per heavy atom. The van der Waals surface area contributed by atoms with Crippen molar-refractivity contribution in [2.45, 2.75) is 19.1 Å². The first-order valence-electron chi connectivity index (χ1n) is 8.01. The first-order valence-corrected chi connectivity index (χ1v) is 8.01. The van der Waals surface area contributed by atoms with E-state index in [2.05, 4.69) is 5.32 Å². The van der Waals surface area contributed by atoms with Crippen LogP contribution in [0.4, 0.5) is 5.69 Å². The molecule has 2 aromatic rings. The van der Waals surface area contributed by atoms with E-state index in [0.717, 1.165) is 5.56 Å². The largest absolute Gasteiger partial charge is 0.366 e. The van der Waals surface area contributed by atoms with Crippen molar-refractivity contribution in [2.24, 2.45) is 0 Å². The Labute approximate surface area is 141 Å². The monoisotopic (exact) mass is 324 g/mol. The van der Waals surface area contributed by atoms with E-state index in [1.807, 2.05) is 60.7 Å². The van der Waals surface area contributed by atoms with Crippen LogP contribution in [0.1, 0.15) is 12.0 Å². The number of para-hydroxylation sites is 1. The van der Waals surface area contributed by atoms with Crippen molar-refractivity contribution in [3.8, 4) is 0 Å². The fourth-order valence-corrected chi connectivity index (χ4v) is 2.70. The minimum Gasteiger partial charge on any atom is -0.366 e. The summed E-state index contributed by atoms with van der Waals surface area (Å²) in [7, 11) is 0. The summed E-state index contributed by atoms with van der Waals surface area (Å²) in [6.07, 6.45) is -0.690. The highest BCUT2D eigenvalue weighted by atomic mass is 16.5. The second-order valence-electron chi connectivity index (χ2n) is 5.72. The maximum absolute atomic E-state index is 12.5. The summed E-state index contributed by atoms with van der Waals surface area (Å²) in [6, 6.07) is 19.0. The number of ether oxygens (including phenoxy) is 1. The van der Waals surface area contributed by atoms with Crippen molar-refractivity contribution in [1.82, 2.24) is 4.90 Å². The molecular formula is C19H20N2O3. The number of benzene rings is 2. The van der Waals surface area contributed by atoms with E-state index in [4.69, 9.17) is 4.74 Å². The standard InChI is InChI=1S/C19H20N2O3/c22-18(20-16-9-5-2-6-10-16)13-17-19(23)21(11-12-24-17)14-15-7-3-1-4-8-15/h1-10,17H,11-14H2,(H,20,22)/t17-/m1/s1. The number of nitrogens with zero attached hydrogens (tertiary/aromatic N) is 1. The second kappa shape index (κ2) is 7.75. The molecular weight excluding hydrogens is 304 g/mol. The Bertz CT molecular complexity index is 688. The summed E-state index contributed by atoms with van der Waals surface area (Å²) in [4.78, 5) is 26.4. The van der Waals surface area contributed by atoms with Gasteiger partial charge in [0.15, 0.2) is 0 Å². The number of carbonyl (C=O) groups excluding carboxylic acids is 2. The first kappa shape index (κ1) is 16.2. The lowest BCUT2D eigenvalue weighted by atomic mass is 10.1. The van der Waals surface area contributed by atoms with E-state index in [1.165, 1.54) is 0 Å². The summed E-state index contributed by atoms with van der Waals surface area (Å²) >= 11 is 0. The maximum Gasteiger partial charge on any atom is 0.252 e. The molecule has 1 N–H and O–H groups in total. The van der Waals surface area contributed by atoms with Gasteiger partial charge in [-0.15, -0.1) is 0 Å². The van der Waals surface area contributed by atoms with Gasteiger partial charge in [-0.25, -0.2) is 0 Å². The predicted octanol–water partition coefficient (Wildman–Crippen LogP) is 2.44. The molecule has 5 heteroatoms. The Kier molecular flexibility index (Phi) is 5.23. The molecule has 1 aliphatic rings. The van der Waals surface area contributed by atoms with Gasteiger partial charge in [0.2, 0.25) is 5.91 Å². The molecule has 0 aliphatic carbocycles. The molecule has 5 nitrogen and oxygen atoms in total. The third-order valence-electron chi connectivity index (χ3n) is 3.91. The number of hydrogen-bond acceptors (Lipinski definition) is 3. The fourth-order valence-electron chi connectivity index (χ4n) is 2.70. The lowest BCUT2D eigenvalue weighted by Gasteiger charge is -2.32.